The van der Waals surface area contributed by atoms with Gasteiger partial charge in [0, 0.05) is 28.6 Å². The highest BCUT2D eigenvalue weighted by atomic mass is 35.5. The highest BCUT2D eigenvalue weighted by Gasteiger charge is 2.32. The number of benzene rings is 3. The minimum atomic E-state index is -3.94. The zero-order valence-electron chi connectivity index (χ0n) is 15.6. The third kappa shape index (κ3) is 3.98. The molecule has 30 heavy (non-hydrogen) atoms. The molecule has 0 spiro atoms. The molecule has 0 aromatic heterocycles. The van der Waals surface area contributed by atoms with Gasteiger partial charge in [0.2, 0.25) is 0 Å². The van der Waals surface area contributed by atoms with Gasteiger partial charge < -0.3 is 5.32 Å². The van der Waals surface area contributed by atoms with Gasteiger partial charge in [0.1, 0.15) is 0 Å². The number of halogens is 1. The van der Waals surface area contributed by atoms with Crippen molar-refractivity contribution in [1.82, 2.24) is 0 Å². The van der Waals surface area contributed by atoms with Crippen LogP contribution in [-0.2, 0) is 20.8 Å². The number of anilines is 2. The van der Waals surface area contributed by atoms with E-state index in [1.807, 2.05) is 6.07 Å². The van der Waals surface area contributed by atoms with Crippen LogP contribution in [0.2, 0.25) is 5.02 Å². The fraction of sp³-hybridized carbons (Fsp3) is 0.0952. The Bertz CT molecular complexity index is 1250. The molecule has 0 fully saturated rings. The molecule has 4 rings (SSSR count). The number of para-hydroxylation sites is 1. The van der Waals surface area contributed by atoms with Gasteiger partial charge in [-0.2, -0.15) is 0 Å². The summed E-state index contributed by atoms with van der Waals surface area (Å²) in [5, 5.41) is 3.07. The summed E-state index contributed by atoms with van der Waals surface area (Å²) in [5.41, 5.74) is 1.12. The Hall–Kier alpha value is -2.68. The van der Waals surface area contributed by atoms with E-state index in [9.17, 15) is 17.4 Å². The summed E-state index contributed by atoms with van der Waals surface area (Å²) < 4.78 is 40.2. The summed E-state index contributed by atoms with van der Waals surface area (Å²) in [6.07, 6.45) is 0. The first-order chi connectivity index (χ1) is 14.4. The van der Waals surface area contributed by atoms with E-state index in [0.29, 0.717) is 15.6 Å². The van der Waals surface area contributed by atoms with E-state index in [1.165, 1.54) is 22.5 Å². The van der Waals surface area contributed by atoms with Gasteiger partial charge in [-0.3, -0.25) is 13.3 Å². The molecule has 1 aliphatic heterocycles. The van der Waals surface area contributed by atoms with Gasteiger partial charge in [-0.05, 0) is 48.5 Å². The number of nitrogens with one attached hydrogen (secondary N) is 1. The molecule has 9 heteroatoms. The normalized spacial score (nSPS) is 16.0. The van der Waals surface area contributed by atoms with Crippen LogP contribution in [0.5, 0.6) is 0 Å². The second-order valence-corrected chi connectivity index (χ2v) is 10.4. The number of carbonyl (C=O) groups excluding carboxylic acids is 1. The van der Waals surface area contributed by atoms with Crippen LogP contribution in [0.25, 0.3) is 0 Å². The summed E-state index contributed by atoms with van der Waals surface area (Å²) in [7, 11) is -5.29. The lowest BCUT2D eigenvalue weighted by Gasteiger charge is -2.30. The van der Waals surface area contributed by atoms with E-state index < -0.39 is 20.8 Å². The lowest BCUT2D eigenvalue weighted by Crippen LogP contribution is -2.38. The molecule has 1 heterocycles. The van der Waals surface area contributed by atoms with Crippen molar-refractivity contribution in [2.45, 2.75) is 9.79 Å². The van der Waals surface area contributed by atoms with Crippen molar-refractivity contribution in [3.63, 3.8) is 0 Å². The predicted molar refractivity (Wildman–Crippen MR) is 118 cm³/mol. The summed E-state index contributed by atoms with van der Waals surface area (Å²) in [5.74, 6) is -0.219. The minimum Gasteiger partial charge on any atom is -0.322 e. The average molecular weight is 461 g/mol. The van der Waals surface area contributed by atoms with Gasteiger partial charge in [0.25, 0.3) is 15.9 Å². The van der Waals surface area contributed by atoms with Gasteiger partial charge >= 0.3 is 0 Å². The molecular weight excluding hydrogens is 444 g/mol. The Morgan fingerprint density at radius 3 is 2.50 bits per heavy atom. The molecule has 0 saturated heterocycles. The van der Waals surface area contributed by atoms with Crippen LogP contribution in [0, 0.1) is 0 Å². The maximum absolute atomic E-state index is 13.2. The quantitative estimate of drug-likeness (QED) is 0.639. The first kappa shape index (κ1) is 20.6. The van der Waals surface area contributed by atoms with E-state index in [1.54, 1.807) is 48.5 Å². The fourth-order valence-corrected chi connectivity index (χ4v) is 6.31. The van der Waals surface area contributed by atoms with Crippen molar-refractivity contribution < 1.29 is 17.4 Å². The Balaban J connectivity index is 1.74. The second-order valence-electron chi connectivity index (χ2n) is 6.59. The topological polar surface area (TPSA) is 83.6 Å². The molecule has 1 atom stereocenters. The van der Waals surface area contributed by atoms with Gasteiger partial charge in [-0.1, -0.05) is 35.9 Å². The summed E-state index contributed by atoms with van der Waals surface area (Å²) in [6.45, 7) is 0.0399. The van der Waals surface area contributed by atoms with Crippen LogP contribution < -0.4 is 9.62 Å². The van der Waals surface area contributed by atoms with E-state index in [-0.39, 0.29) is 34.4 Å². The Kier molecular flexibility index (Phi) is 5.64. The molecule has 1 aliphatic rings. The van der Waals surface area contributed by atoms with E-state index in [4.69, 9.17) is 11.6 Å². The monoisotopic (exact) mass is 460 g/mol. The molecule has 154 valence electrons. The number of carbonyl (C=O) groups is 1. The van der Waals surface area contributed by atoms with Gasteiger partial charge in [0.15, 0.2) is 0 Å². The fourth-order valence-electron chi connectivity index (χ4n) is 3.17. The van der Waals surface area contributed by atoms with E-state index >= 15 is 0 Å². The summed E-state index contributed by atoms with van der Waals surface area (Å²) >= 11 is 5.97. The van der Waals surface area contributed by atoms with Crippen molar-refractivity contribution in [1.29, 1.82) is 0 Å². The maximum Gasteiger partial charge on any atom is 0.264 e. The van der Waals surface area contributed by atoms with Crippen molar-refractivity contribution in [2.24, 2.45) is 0 Å². The third-order valence-corrected chi connectivity index (χ3v) is 8.06. The molecule has 1 amide bonds. The maximum atomic E-state index is 13.2. The number of amides is 1. The van der Waals surface area contributed by atoms with Crippen LogP contribution in [-0.4, -0.2) is 30.8 Å². The van der Waals surface area contributed by atoms with E-state index in [0.717, 1.165) is 0 Å². The number of hydrogen-bond donors (Lipinski definition) is 1. The smallest absolute Gasteiger partial charge is 0.264 e. The Morgan fingerprint density at radius 1 is 1.00 bits per heavy atom. The van der Waals surface area contributed by atoms with Crippen LogP contribution in [0.3, 0.4) is 0 Å². The number of fused-ring (bicyclic) bond motifs is 1. The van der Waals surface area contributed by atoms with Crippen LogP contribution in [0.15, 0.2) is 82.6 Å². The molecule has 3 aromatic carbocycles. The first-order valence-corrected chi connectivity index (χ1v) is 12.2. The highest BCUT2D eigenvalue weighted by Crippen LogP contribution is 2.34. The summed E-state index contributed by atoms with van der Waals surface area (Å²) in [4.78, 5) is 13.1. The molecule has 1 N–H and O–H groups in total. The van der Waals surface area contributed by atoms with Gasteiger partial charge in [-0.25, -0.2) is 8.42 Å². The van der Waals surface area contributed by atoms with Gasteiger partial charge in [0.05, 0.1) is 26.3 Å². The van der Waals surface area contributed by atoms with Crippen LogP contribution in [0.4, 0.5) is 11.4 Å². The molecule has 3 aromatic rings. The highest BCUT2D eigenvalue weighted by molar-refractivity contribution is 7.93. The Morgan fingerprint density at radius 2 is 1.77 bits per heavy atom. The van der Waals surface area contributed by atoms with Crippen LogP contribution in [0.1, 0.15) is 10.4 Å². The number of hydrogen-bond acceptors (Lipinski definition) is 4. The number of sulfonamides is 1. The number of rotatable bonds is 4. The van der Waals surface area contributed by atoms with Crippen molar-refractivity contribution >= 4 is 49.7 Å². The first-order valence-electron chi connectivity index (χ1n) is 9.03. The van der Waals surface area contributed by atoms with E-state index in [2.05, 4.69) is 5.32 Å². The molecule has 0 radical (unpaired) electrons. The second kappa shape index (κ2) is 8.22. The van der Waals surface area contributed by atoms with Crippen molar-refractivity contribution in [2.75, 3.05) is 21.9 Å². The molecule has 0 saturated carbocycles. The van der Waals surface area contributed by atoms with Crippen molar-refractivity contribution in [3.05, 3.63) is 83.4 Å². The lowest BCUT2D eigenvalue weighted by atomic mass is 10.1. The van der Waals surface area contributed by atoms with Gasteiger partial charge in [-0.15, -0.1) is 0 Å². The molecular formula is C21H17ClN2O4S2. The molecule has 6 nitrogen and oxygen atoms in total. The predicted octanol–water partition coefficient (Wildman–Crippen LogP) is 3.91. The standard InChI is InChI=1S/C21H17ClN2O4S2/c22-16-5-4-8-18(14-16)30(27,28)24-11-12-29(26)20-10-9-15(13-19(20)24)21(25)23-17-6-2-1-3-7-17/h1-10,13-14H,11-12H2,(H,23,25). The molecule has 1 unspecified atom stereocenters. The average Bonchev–Trinajstić information content (AvgIpc) is 2.74. The molecule has 0 aliphatic carbocycles. The summed E-state index contributed by atoms with van der Waals surface area (Å²) in [6, 6.07) is 19.5. The zero-order valence-corrected chi connectivity index (χ0v) is 18.0. The Labute approximate surface area is 182 Å². The number of nitrogens with zero attached hydrogens (tertiary/aromatic N) is 1. The minimum absolute atomic E-state index is 0.0350. The van der Waals surface area contributed by atoms with Crippen molar-refractivity contribution in [3.8, 4) is 0 Å². The third-order valence-electron chi connectivity index (χ3n) is 4.63. The lowest BCUT2D eigenvalue weighted by molar-refractivity contribution is 0.102. The largest absolute Gasteiger partial charge is 0.322 e. The SMILES string of the molecule is O=C(Nc1ccccc1)c1ccc2c(c1)N(S(=O)(=O)c1cccc(Cl)c1)CCS2=O. The molecule has 0 bridgehead atoms. The zero-order chi connectivity index (χ0) is 21.3. The van der Waals surface area contributed by atoms with Crippen LogP contribution >= 0.6 is 11.6 Å².